The van der Waals surface area contributed by atoms with Gasteiger partial charge in [0, 0.05) is 60.8 Å². The third kappa shape index (κ3) is 12.1. The van der Waals surface area contributed by atoms with Gasteiger partial charge in [0.15, 0.2) is 0 Å². The second kappa shape index (κ2) is 22.6. The van der Waals surface area contributed by atoms with Gasteiger partial charge in [0.25, 0.3) is 11.8 Å². The van der Waals surface area contributed by atoms with Crippen LogP contribution in [0.1, 0.15) is 75.7 Å². The summed E-state index contributed by atoms with van der Waals surface area (Å²) in [5, 5.41) is 15.7. The van der Waals surface area contributed by atoms with Gasteiger partial charge in [-0.05, 0) is 79.1 Å². The summed E-state index contributed by atoms with van der Waals surface area (Å²) >= 11 is 7.40. The van der Waals surface area contributed by atoms with E-state index < -0.39 is 41.6 Å². The number of unbranched alkanes of at least 4 members (excludes halogenated alkanes) is 1. The predicted octanol–water partition coefficient (Wildman–Crippen LogP) is 4.57. The topological polar surface area (TPSA) is 212 Å². The molecule has 18 heteroatoms. The lowest BCUT2D eigenvalue weighted by molar-refractivity contribution is -0.136. The number of hydrogen-bond donors (Lipinski definition) is 5. The molecule has 4 aromatic rings. The summed E-state index contributed by atoms with van der Waals surface area (Å²) in [4.78, 5) is 105. The average Bonchev–Trinajstić information content (AvgIpc) is 3.90. The summed E-state index contributed by atoms with van der Waals surface area (Å²) in [6, 6.07) is 22.8. The molecule has 0 bridgehead atoms. The maximum Gasteiger partial charge on any atom is 0.264 e. The number of amides is 8. The van der Waals surface area contributed by atoms with E-state index >= 15 is 0 Å². The Morgan fingerprint density at radius 1 is 0.825 bits per heavy atom. The van der Waals surface area contributed by atoms with E-state index in [0.29, 0.717) is 54.3 Å². The minimum Gasteiger partial charge on any atom is -0.382 e. The van der Waals surface area contributed by atoms with Crippen LogP contribution >= 0.6 is 22.9 Å². The van der Waals surface area contributed by atoms with Crippen molar-refractivity contribution in [3.8, 4) is 0 Å². The number of benzene rings is 3. The van der Waals surface area contributed by atoms with Crippen molar-refractivity contribution in [2.24, 2.45) is 0 Å². The largest absolute Gasteiger partial charge is 0.382 e. The molecule has 5 N–H and O–H groups in total. The number of thiophene rings is 1. The first-order valence-electron chi connectivity index (χ1n) is 20.6. The molecular formula is C45H48ClN7O9S. The van der Waals surface area contributed by atoms with Gasteiger partial charge in [0.1, 0.15) is 18.0 Å². The SMILES string of the molecule is O=C(CCOCCNc1cccc2c1C(=O)N(C1CCC(=O)NC1=O)C2=O)NCCCCC(=O)Nc1ccc(N(C(=O)CCl)C(C(=O)NCCc2ccccc2)c2cccs2)cc1. The third-order valence-corrected chi connectivity index (χ3v) is 11.5. The number of nitrogens with zero attached hydrogens (tertiary/aromatic N) is 2. The van der Waals surface area contributed by atoms with Crippen LogP contribution in [0.15, 0.2) is 90.3 Å². The Kier molecular flexibility index (Phi) is 16.5. The van der Waals surface area contributed by atoms with Gasteiger partial charge in [-0.3, -0.25) is 53.5 Å². The first kappa shape index (κ1) is 46.1. The molecule has 1 fully saturated rings. The molecule has 330 valence electrons. The molecule has 2 aliphatic rings. The molecule has 16 nitrogen and oxygen atoms in total. The molecule has 3 heterocycles. The van der Waals surface area contributed by atoms with Gasteiger partial charge >= 0.3 is 0 Å². The summed E-state index contributed by atoms with van der Waals surface area (Å²) in [6.07, 6.45) is 2.15. The molecule has 63 heavy (non-hydrogen) atoms. The highest BCUT2D eigenvalue weighted by molar-refractivity contribution is 7.10. The lowest BCUT2D eigenvalue weighted by Crippen LogP contribution is -2.54. The van der Waals surface area contributed by atoms with Crippen LogP contribution in [0, 0.1) is 0 Å². The number of nitrogens with one attached hydrogen (secondary N) is 5. The molecule has 0 saturated carbocycles. The summed E-state index contributed by atoms with van der Waals surface area (Å²) in [5.74, 6) is -3.88. The number of halogens is 1. The van der Waals surface area contributed by atoms with E-state index in [2.05, 4.69) is 26.6 Å². The molecule has 1 aromatic heterocycles. The summed E-state index contributed by atoms with van der Waals surface area (Å²) in [7, 11) is 0. The smallest absolute Gasteiger partial charge is 0.264 e. The Labute approximate surface area is 373 Å². The van der Waals surface area contributed by atoms with Crippen LogP contribution < -0.4 is 31.5 Å². The zero-order valence-corrected chi connectivity index (χ0v) is 35.9. The van der Waals surface area contributed by atoms with Crippen molar-refractivity contribution in [1.29, 1.82) is 0 Å². The van der Waals surface area contributed by atoms with Gasteiger partial charge in [-0.2, -0.15) is 0 Å². The first-order chi connectivity index (χ1) is 30.5. The minimum absolute atomic E-state index is 0.0308. The number of ether oxygens (including phenoxy) is 1. The van der Waals surface area contributed by atoms with E-state index in [1.165, 1.54) is 22.3 Å². The van der Waals surface area contributed by atoms with Crippen LogP contribution in [0.2, 0.25) is 0 Å². The number of carbonyl (C=O) groups is 8. The van der Waals surface area contributed by atoms with E-state index in [1.54, 1.807) is 42.5 Å². The Morgan fingerprint density at radius 3 is 2.35 bits per heavy atom. The number of hydrogen-bond acceptors (Lipinski definition) is 11. The highest BCUT2D eigenvalue weighted by Gasteiger charge is 2.45. The number of imide groups is 2. The summed E-state index contributed by atoms with van der Waals surface area (Å²) in [6.45, 7) is 1.39. The molecule has 2 aliphatic heterocycles. The van der Waals surface area contributed by atoms with Crippen molar-refractivity contribution in [2.75, 3.05) is 54.3 Å². The zero-order chi connectivity index (χ0) is 44.7. The molecule has 0 aliphatic carbocycles. The fourth-order valence-corrected chi connectivity index (χ4v) is 8.18. The van der Waals surface area contributed by atoms with Crippen LogP contribution in [0.4, 0.5) is 17.1 Å². The number of fused-ring (bicyclic) bond motifs is 1. The van der Waals surface area contributed by atoms with Crippen LogP contribution in [0.3, 0.4) is 0 Å². The maximum absolute atomic E-state index is 13.6. The molecule has 6 rings (SSSR count). The predicted molar refractivity (Wildman–Crippen MR) is 237 cm³/mol. The van der Waals surface area contributed by atoms with Gasteiger partial charge < -0.3 is 26.0 Å². The number of alkyl halides is 1. The molecule has 1 saturated heterocycles. The van der Waals surface area contributed by atoms with Gasteiger partial charge in [-0.15, -0.1) is 22.9 Å². The van der Waals surface area contributed by atoms with Crippen molar-refractivity contribution in [1.82, 2.24) is 20.9 Å². The Balaban J connectivity index is 0.873. The van der Waals surface area contributed by atoms with Crippen molar-refractivity contribution in [3.05, 3.63) is 112 Å². The lowest BCUT2D eigenvalue weighted by Gasteiger charge is -2.30. The first-order valence-corrected chi connectivity index (χ1v) is 22.0. The number of piperidine rings is 1. The molecule has 3 aromatic carbocycles. The zero-order valence-electron chi connectivity index (χ0n) is 34.4. The molecular weight excluding hydrogens is 850 g/mol. The summed E-state index contributed by atoms with van der Waals surface area (Å²) < 4.78 is 5.59. The maximum atomic E-state index is 13.6. The van der Waals surface area contributed by atoms with Crippen LogP contribution in [-0.2, 0) is 39.9 Å². The quantitative estimate of drug-likeness (QED) is 0.0422. The van der Waals surface area contributed by atoms with Crippen LogP contribution in [0.25, 0.3) is 0 Å². The van der Waals surface area contributed by atoms with Gasteiger partial charge in [-0.1, -0.05) is 42.5 Å². The second-order valence-corrected chi connectivity index (χ2v) is 16.0. The van der Waals surface area contributed by atoms with Crippen LogP contribution in [0.5, 0.6) is 0 Å². The third-order valence-electron chi connectivity index (χ3n) is 10.3. The van der Waals surface area contributed by atoms with Crippen LogP contribution in [-0.4, -0.2) is 96.9 Å². The minimum atomic E-state index is -1.06. The highest BCUT2D eigenvalue weighted by Crippen LogP contribution is 2.33. The number of carbonyl (C=O) groups excluding carboxylic acids is 8. The number of rotatable bonds is 22. The fraction of sp³-hybridized carbons (Fsp3) is 0.333. The van der Waals surface area contributed by atoms with Crippen molar-refractivity contribution >= 4 is 87.3 Å². The lowest BCUT2D eigenvalue weighted by atomic mass is 10.0. The molecule has 0 radical (unpaired) electrons. The van der Waals surface area contributed by atoms with Crippen molar-refractivity contribution < 1.29 is 43.1 Å². The molecule has 8 amide bonds. The van der Waals surface area contributed by atoms with Gasteiger partial charge in [0.2, 0.25) is 35.4 Å². The summed E-state index contributed by atoms with van der Waals surface area (Å²) in [5.41, 5.74) is 2.76. The van der Waals surface area contributed by atoms with E-state index in [1.807, 2.05) is 41.8 Å². The molecule has 0 spiro atoms. The highest BCUT2D eigenvalue weighted by atomic mass is 35.5. The molecule has 2 atom stereocenters. The Morgan fingerprint density at radius 2 is 1.62 bits per heavy atom. The van der Waals surface area contributed by atoms with Gasteiger partial charge in [-0.25, -0.2) is 0 Å². The van der Waals surface area contributed by atoms with E-state index in [9.17, 15) is 38.4 Å². The Hall–Kier alpha value is -6.43. The van der Waals surface area contributed by atoms with Gasteiger partial charge in [0.05, 0.1) is 24.3 Å². The number of anilines is 3. The average molecular weight is 898 g/mol. The Bertz CT molecular complexity index is 2290. The standard InChI is InChI=1S/C45H48ClN7O9S/c46-28-39(57)52(41(35-12-7-27-63-35)43(59)49-23-20-29-8-2-1-3-9-29)31-16-14-30(15-17-31)50-37(55)13-4-5-22-48-36(54)21-25-62-26-24-47-33-11-6-10-32-40(33)45(61)53(44(32)60)34-18-19-38(56)51-42(34)58/h1-3,6-12,14-17,27,34,41,47H,4-5,13,18-26,28H2,(H,48,54)(H,49,59)(H,50,55)(H,51,56,58). The van der Waals surface area contributed by atoms with E-state index in [-0.39, 0.29) is 80.2 Å². The van der Waals surface area contributed by atoms with E-state index in [0.717, 1.165) is 10.5 Å². The second-order valence-electron chi connectivity index (χ2n) is 14.7. The normalized spacial score (nSPS) is 15.0. The molecule has 2 unspecified atom stereocenters. The van der Waals surface area contributed by atoms with Crippen molar-refractivity contribution in [2.45, 2.75) is 57.0 Å². The monoisotopic (exact) mass is 897 g/mol. The van der Waals surface area contributed by atoms with Crippen molar-refractivity contribution in [3.63, 3.8) is 0 Å². The van der Waals surface area contributed by atoms with E-state index in [4.69, 9.17) is 16.3 Å². The fourth-order valence-electron chi connectivity index (χ4n) is 7.24.